The number of esters is 1. The molecule has 7 nitrogen and oxygen atoms in total. The smallest absolute Gasteiger partial charge is 0.375 e. The molecule has 0 radical (unpaired) electrons. The van der Waals surface area contributed by atoms with Crippen molar-refractivity contribution in [1.82, 2.24) is 0 Å². The molecule has 0 saturated carbocycles. The van der Waals surface area contributed by atoms with E-state index < -0.39 is 24.4 Å². The second-order valence-corrected chi connectivity index (χ2v) is 7.29. The van der Waals surface area contributed by atoms with E-state index in [1.165, 1.54) is 6.07 Å². The van der Waals surface area contributed by atoms with Crippen molar-refractivity contribution < 1.29 is 23.5 Å². The molecule has 4 rings (SSSR count). The van der Waals surface area contributed by atoms with Gasteiger partial charge in [0.15, 0.2) is 6.61 Å². The number of fused-ring (bicyclic) bond motifs is 3. The number of amides is 2. The Morgan fingerprint density at radius 1 is 1.10 bits per heavy atom. The summed E-state index contributed by atoms with van der Waals surface area (Å²) in [6.45, 7) is 1.24. The predicted octanol–water partition coefficient (Wildman–Crippen LogP) is 3.85. The number of aryl methyl sites for hydroxylation is 1. The molecule has 2 amide bonds. The number of ether oxygens (including phenoxy) is 1. The molecule has 0 atom stereocenters. The molecule has 29 heavy (non-hydrogen) atoms. The first-order valence-electron chi connectivity index (χ1n) is 8.71. The number of nitrogens with one attached hydrogen (secondary N) is 1. The number of thiophene rings is 1. The average Bonchev–Trinajstić information content (AvgIpc) is 3.31. The number of anilines is 1. The summed E-state index contributed by atoms with van der Waals surface area (Å²) in [5.41, 5.74) is 6.69. The molecule has 0 bridgehead atoms. The molecular formula is C21H16N2O5S. The zero-order valence-electron chi connectivity index (χ0n) is 15.4. The number of benzene rings is 2. The molecule has 8 heteroatoms. The van der Waals surface area contributed by atoms with Gasteiger partial charge in [0, 0.05) is 16.3 Å². The van der Waals surface area contributed by atoms with E-state index in [0.29, 0.717) is 16.1 Å². The maximum atomic E-state index is 12.5. The molecule has 0 aliphatic rings. The summed E-state index contributed by atoms with van der Waals surface area (Å²) in [4.78, 5) is 35.9. The largest absolute Gasteiger partial charge is 0.450 e. The first-order chi connectivity index (χ1) is 14.0. The fourth-order valence-corrected chi connectivity index (χ4v) is 3.91. The first-order valence-corrected chi connectivity index (χ1v) is 9.59. The number of carbonyl (C=O) groups is 3. The highest BCUT2D eigenvalue weighted by Crippen LogP contribution is 2.32. The molecule has 146 valence electrons. The summed E-state index contributed by atoms with van der Waals surface area (Å²) < 4.78 is 10.9. The zero-order valence-corrected chi connectivity index (χ0v) is 16.2. The van der Waals surface area contributed by atoms with Crippen LogP contribution in [0, 0.1) is 6.92 Å². The molecule has 3 N–H and O–H groups in total. The summed E-state index contributed by atoms with van der Waals surface area (Å²) in [6, 6.07) is 13.1. The number of hydrogen-bond acceptors (Lipinski definition) is 6. The van der Waals surface area contributed by atoms with Gasteiger partial charge < -0.3 is 20.2 Å². The minimum Gasteiger partial charge on any atom is -0.450 e. The molecule has 2 aromatic carbocycles. The fourth-order valence-electron chi connectivity index (χ4n) is 3.10. The maximum absolute atomic E-state index is 12.5. The van der Waals surface area contributed by atoms with E-state index in [1.807, 2.05) is 36.4 Å². The molecule has 0 unspecified atom stereocenters. The number of nitrogens with two attached hydrogens (primary N) is 1. The Hall–Kier alpha value is -3.65. The number of primary amides is 1. The SMILES string of the molecule is Cc1c(C(=O)OCC(=O)Nc2sccc2C(N)=O)oc2c1ccc1ccccc12. The van der Waals surface area contributed by atoms with Crippen LogP contribution in [-0.2, 0) is 9.53 Å². The van der Waals surface area contributed by atoms with Crippen molar-refractivity contribution in [1.29, 1.82) is 0 Å². The molecule has 0 spiro atoms. The van der Waals surface area contributed by atoms with Crippen LogP contribution in [0.2, 0.25) is 0 Å². The van der Waals surface area contributed by atoms with Gasteiger partial charge in [-0.3, -0.25) is 9.59 Å². The summed E-state index contributed by atoms with van der Waals surface area (Å²) >= 11 is 1.15. The van der Waals surface area contributed by atoms with Crippen LogP contribution >= 0.6 is 11.3 Å². The van der Waals surface area contributed by atoms with Crippen molar-refractivity contribution in [3.63, 3.8) is 0 Å². The van der Waals surface area contributed by atoms with Crippen LogP contribution in [-0.4, -0.2) is 24.4 Å². The molecule has 2 heterocycles. The molecular weight excluding hydrogens is 392 g/mol. The van der Waals surface area contributed by atoms with E-state index in [4.69, 9.17) is 14.9 Å². The first kappa shape index (κ1) is 18.7. The lowest BCUT2D eigenvalue weighted by Gasteiger charge is -2.05. The Labute approximate surface area is 169 Å². The number of carbonyl (C=O) groups excluding carboxylic acids is 3. The number of hydrogen-bond donors (Lipinski definition) is 2. The molecule has 2 aromatic heterocycles. The highest BCUT2D eigenvalue weighted by atomic mass is 32.1. The molecule has 0 saturated heterocycles. The van der Waals surface area contributed by atoms with Gasteiger partial charge >= 0.3 is 5.97 Å². The van der Waals surface area contributed by atoms with Crippen LogP contribution in [0.1, 0.15) is 26.5 Å². The third-order valence-corrected chi connectivity index (χ3v) is 5.36. The Morgan fingerprint density at radius 2 is 1.90 bits per heavy atom. The van der Waals surface area contributed by atoms with Crippen LogP contribution in [0.5, 0.6) is 0 Å². The normalized spacial score (nSPS) is 10.9. The monoisotopic (exact) mass is 408 g/mol. The summed E-state index contributed by atoms with van der Waals surface area (Å²) in [6.07, 6.45) is 0. The van der Waals surface area contributed by atoms with E-state index in [1.54, 1.807) is 12.3 Å². The topological polar surface area (TPSA) is 112 Å². The molecule has 0 fully saturated rings. The van der Waals surface area contributed by atoms with Crippen LogP contribution < -0.4 is 11.1 Å². The van der Waals surface area contributed by atoms with E-state index in [9.17, 15) is 14.4 Å². The molecule has 0 aliphatic heterocycles. The van der Waals surface area contributed by atoms with Crippen LogP contribution in [0.25, 0.3) is 21.7 Å². The Balaban J connectivity index is 1.51. The lowest BCUT2D eigenvalue weighted by atomic mass is 10.1. The van der Waals surface area contributed by atoms with Crippen molar-refractivity contribution in [2.24, 2.45) is 5.73 Å². The zero-order chi connectivity index (χ0) is 20.5. The third kappa shape index (κ3) is 3.45. The van der Waals surface area contributed by atoms with Crippen molar-refractivity contribution in [3.05, 3.63) is 64.7 Å². The lowest BCUT2D eigenvalue weighted by molar-refractivity contribution is -0.119. The van der Waals surface area contributed by atoms with Crippen LogP contribution in [0.15, 0.2) is 52.3 Å². The average molecular weight is 408 g/mol. The van der Waals surface area contributed by atoms with E-state index in [0.717, 1.165) is 27.5 Å². The van der Waals surface area contributed by atoms with Gasteiger partial charge in [-0.2, -0.15) is 0 Å². The fraction of sp³-hybridized carbons (Fsp3) is 0.0952. The van der Waals surface area contributed by atoms with Gasteiger partial charge in [-0.25, -0.2) is 4.79 Å². The van der Waals surface area contributed by atoms with Gasteiger partial charge in [-0.1, -0.05) is 36.4 Å². The molecule has 4 aromatic rings. The minimum atomic E-state index is -0.737. The second-order valence-electron chi connectivity index (χ2n) is 6.37. The Kier molecular flexibility index (Phi) is 4.77. The lowest BCUT2D eigenvalue weighted by Crippen LogP contribution is -2.22. The minimum absolute atomic E-state index is 0.0538. The van der Waals surface area contributed by atoms with Crippen molar-refractivity contribution in [3.8, 4) is 0 Å². The van der Waals surface area contributed by atoms with E-state index in [2.05, 4.69) is 5.32 Å². The van der Waals surface area contributed by atoms with Gasteiger partial charge in [-0.05, 0) is 23.8 Å². The van der Waals surface area contributed by atoms with Gasteiger partial charge in [0.2, 0.25) is 5.76 Å². The van der Waals surface area contributed by atoms with E-state index >= 15 is 0 Å². The van der Waals surface area contributed by atoms with Crippen LogP contribution in [0.4, 0.5) is 5.00 Å². The van der Waals surface area contributed by atoms with Crippen molar-refractivity contribution in [2.75, 3.05) is 11.9 Å². The maximum Gasteiger partial charge on any atom is 0.375 e. The second kappa shape index (κ2) is 7.40. The quantitative estimate of drug-likeness (QED) is 0.487. The predicted molar refractivity (Wildman–Crippen MR) is 110 cm³/mol. The van der Waals surface area contributed by atoms with Crippen molar-refractivity contribution in [2.45, 2.75) is 6.92 Å². The summed E-state index contributed by atoms with van der Waals surface area (Å²) in [7, 11) is 0. The standard InChI is InChI=1S/C21H16N2O5S/c1-11-13-7-6-12-4-2-3-5-14(12)18(13)28-17(11)21(26)27-10-16(24)23-20-15(19(22)25)8-9-29-20/h2-9H,10H2,1H3,(H2,22,25)(H,23,24). The van der Waals surface area contributed by atoms with Gasteiger partial charge in [0.05, 0.1) is 5.56 Å². The summed E-state index contributed by atoms with van der Waals surface area (Å²) in [5, 5.41) is 7.15. The number of furan rings is 1. The highest BCUT2D eigenvalue weighted by Gasteiger charge is 2.21. The van der Waals surface area contributed by atoms with Gasteiger partial charge in [0.1, 0.15) is 10.6 Å². The van der Waals surface area contributed by atoms with Crippen molar-refractivity contribution >= 4 is 55.9 Å². The third-order valence-electron chi connectivity index (χ3n) is 4.53. The van der Waals surface area contributed by atoms with Gasteiger partial charge in [0.25, 0.3) is 11.8 Å². The molecule has 0 aliphatic carbocycles. The van der Waals surface area contributed by atoms with Gasteiger partial charge in [-0.15, -0.1) is 11.3 Å². The number of rotatable bonds is 5. The highest BCUT2D eigenvalue weighted by molar-refractivity contribution is 7.14. The summed E-state index contributed by atoms with van der Waals surface area (Å²) in [5.74, 6) is -1.91. The Bertz CT molecular complexity index is 1270. The Morgan fingerprint density at radius 3 is 2.69 bits per heavy atom. The van der Waals surface area contributed by atoms with E-state index in [-0.39, 0.29) is 11.3 Å². The van der Waals surface area contributed by atoms with Crippen LogP contribution in [0.3, 0.4) is 0 Å².